The van der Waals surface area contributed by atoms with Crippen molar-refractivity contribution >= 4 is 27.3 Å². The standard InChI is InChI=1S/C15H19NO2S/c1-3-11(8-9-17)16-15(18)14-10(2)12-6-4-5-7-13(12)19-14/h4-7,11,17H,3,8-9H2,1-2H3,(H,16,18). The second-order valence-corrected chi connectivity index (χ2v) is 5.70. The van der Waals surface area contributed by atoms with Gasteiger partial charge in [0.2, 0.25) is 0 Å². The minimum atomic E-state index is -0.0287. The fourth-order valence-electron chi connectivity index (χ4n) is 2.18. The third-order valence-corrected chi connectivity index (χ3v) is 4.63. The third kappa shape index (κ3) is 2.96. The molecule has 0 fully saturated rings. The number of rotatable bonds is 5. The normalized spacial score (nSPS) is 12.6. The molecule has 0 aliphatic carbocycles. The smallest absolute Gasteiger partial charge is 0.261 e. The highest BCUT2D eigenvalue weighted by Gasteiger charge is 2.17. The van der Waals surface area contributed by atoms with Gasteiger partial charge in [0, 0.05) is 17.3 Å². The number of hydrogen-bond acceptors (Lipinski definition) is 3. The largest absolute Gasteiger partial charge is 0.396 e. The number of carbonyl (C=O) groups is 1. The van der Waals surface area contributed by atoms with Crippen molar-refractivity contribution in [3.63, 3.8) is 0 Å². The zero-order valence-corrected chi connectivity index (χ0v) is 12.1. The van der Waals surface area contributed by atoms with Gasteiger partial charge in [0.15, 0.2) is 0 Å². The summed E-state index contributed by atoms with van der Waals surface area (Å²) >= 11 is 1.53. The van der Waals surface area contributed by atoms with Crippen LogP contribution in [-0.2, 0) is 0 Å². The summed E-state index contributed by atoms with van der Waals surface area (Å²) in [6.45, 7) is 4.10. The summed E-state index contributed by atoms with van der Waals surface area (Å²) in [4.78, 5) is 13.1. The van der Waals surface area contributed by atoms with E-state index in [0.29, 0.717) is 6.42 Å². The first-order chi connectivity index (χ1) is 9.17. The molecule has 1 aromatic heterocycles. The molecule has 0 aliphatic rings. The van der Waals surface area contributed by atoms with E-state index in [9.17, 15) is 4.79 Å². The summed E-state index contributed by atoms with van der Waals surface area (Å²) in [5.74, 6) is -0.0287. The van der Waals surface area contributed by atoms with Crippen molar-refractivity contribution in [2.45, 2.75) is 32.7 Å². The molecule has 0 radical (unpaired) electrons. The Kier molecular flexibility index (Phi) is 4.56. The number of aliphatic hydroxyl groups excluding tert-OH is 1. The number of nitrogens with one attached hydrogen (secondary N) is 1. The molecule has 2 rings (SSSR count). The quantitative estimate of drug-likeness (QED) is 0.882. The number of carbonyl (C=O) groups excluding carboxylic acids is 1. The van der Waals surface area contributed by atoms with Gasteiger partial charge in [0.1, 0.15) is 0 Å². The van der Waals surface area contributed by atoms with Gasteiger partial charge in [-0.1, -0.05) is 25.1 Å². The van der Waals surface area contributed by atoms with Crippen LogP contribution >= 0.6 is 11.3 Å². The van der Waals surface area contributed by atoms with Crippen molar-refractivity contribution in [1.82, 2.24) is 5.32 Å². The Morgan fingerprint density at radius 2 is 2.16 bits per heavy atom. The number of hydrogen-bond donors (Lipinski definition) is 2. The molecule has 0 saturated heterocycles. The monoisotopic (exact) mass is 277 g/mol. The van der Waals surface area contributed by atoms with Gasteiger partial charge in [0.25, 0.3) is 5.91 Å². The molecular weight excluding hydrogens is 258 g/mol. The minimum absolute atomic E-state index is 0.0287. The molecule has 0 bridgehead atoms. The summed E-state index contributed by atoms with van der Waals surface area (Å²) in [6.07, 6.45) is 1.43. The lowest BCUT2D eigenvalue weighted by Gasteiger charge is -2.15. The van der Waals surface area contributed by atoms with Crippen LogP contribution in [0.2, 0.25) is 0 Å². The Morgan fingerprint density at radius 3 is 2.79 bits per heavy atom. The summed E-state index contributed by atoms with van der Waals surface area (Å²) < 4.78 is 1.14. The maximum Gasteiger partial charge on any atom is 0.261 e. The fraction of sp³-hybridized carbons (Fsp3) is 0.400. The first-order valence-electron chi connectivity index (χ1n) is 6.57. The number of amides is 1. The van der Waals surface area contributed by atoms with E-state index >= 15 is 0 Å². The average Bonchev–Trinajstić information content (AvgIpc) is 2.76. The maximum atomic E-state index is 12.3. The van der Waals surface area contributed by atoms with Crippen molar-refractivity contribution in [3.05, 3.63) is 34.7 Å². The van der Waals surface area contributed by atoms with Gasteiger partial charge in [-0.2, -0.15) is 0 Å². The van der Waals surface area contributed by atoms with E-state index in [1.54, 1.807) is 0 Å². The SMILES string of the molecule is CCC(CCO)NC(=O)c1sc2ccccc2c1C. The minimum Gasteiger partial charge on any atom is -0.396 e. The molecule has 1 aromatic carbocycles. The Bertz CT molecular complexity index is 577. The van der Waals surface area contributed by atoms with Crippen molar-refractivity contribution in [2.75, 3.05) is 6.61 Å². The average molecular weight is 277 g/mol. The van der Waals surface area contributed by atoms with Crippen LogP contribution in [0.5, 0.6) is 0 Å². The predicted octanol–water partition coefficient (Wildman–Crippen LogP) is 3.10. The van der Waals surface area contributed by atoms with Crippen LogP contribution in [0.4, 0.5) is 0 Å². The molecular formula is C15H19NO2S. The van der Waals surface area contributed by atoms with E-state index in [2.05, 4.69) is 5.32 Å². The summed E-state index contributed by atoms with van der Waals surface area (Å²) in [6, 6.07) is 8.10. The fourth-order valence-corrected chi connectivity index (χ4v) is 3.29. The second kappa shape index (κ2) is 6.17. The van der Waals surface area contributed by atoms with Crippen molar-refractivity contribution < 1.29 is 9.90 Å². The molecule has 1 amide bonds. The first-order valence-corrected chi connectivity index (χ1v) is 7.38. The Labute approximate surface area is 117 Å². The molecule has 0 spiro atoms. The lowest BCUT2D eigenvalue weighted by Crippen LogP contribution is -2.34. The highest BCUT2D eigenvalue weighted by Crippen LogP contribution is 2.30. The Balaban J connectivity index is 2.24. The maximum absolute atomic E-state index is 12.3. The predicted molar refractivity (Wildman–Crippen MR) is 79.8 cm³/mol. The van der Waals surface area contributed by atoms with E-state index in [4.69, 9.17) is 5.11 Å². The molecule has 2 aromatic rings. The zero-order valence-electron chi connectivity index (χ0n) is 11.3. The van der Waals surface area contributed by atoms with Crippen LogP contribution in [-0.4, -0.2) is 23.7 Å². The van der Waals surface area contributed by atoms with Gasteiger partial charge in [-0.25, -0.2) is 0 Å². The van der Waals surface area contributed by atoms with Crippen molar-refractivity contribution in [3.8, 4) is 0 Å². The van der Waals surface area contributed by atoms with Gasteiger partial charge in [0.05, 0.1) is 4.88 Å². The van der Waals surface area contributed by atoms with Crippen LogP contribution in [0, 0.1) is 6.92 Å². The lowest BCUT2D eigenvalue weighted by atomic mass is 10.1. The topological polar surface area (TPSA) is 49.3 Å². The molecule has 2 N–H and O–H groups in total. The summed E-state index contributed by atoms with van der Waals surface area (Å²) in [5.41, 5.74) is 1.04. The van der Waals surface area contributed by atoms with E-state index in [-0.39, 0.29) is 18.6 Å². The van der Waals surface area contributed by atoms with Gasteiger partial charge in [-0.3, -0.25) is 4.79 Å². The second-order valence-electron chi connectivity index (χ2n) is 4.64. The van der Waals surface area contributed by atoms with Gasteiger partial charge in [-0.05, 0) is 36.8 Å². The molecule has 1 unspecified atom stereocenters. The summed E-state index contributed by atoms with van der Waals surface area (Å²) in [7, 11) is 0. The van der Waals surface area contributed by atoms with E-state index in [0.717, 1.165) is 26.9 Å². The number of fused-ring (bicyclic) bond motifs is 1. The molecule has 3 nitrogen and oxygen atoms in total. The van der Waals surface area contributed by atoms with Gasteiger partial charge >= 0.3 is 0 Å². The van der Waals surface area contributed by atoms with Gasteiger partial charge in [-0.15, -0.1) is 11.3 Å². The van der Waals surface area contributed by atoms with Crippen LogP contribution in [0.25, 0.3) is 10.1 Å². The van der Waals surface area contributed by atoms with Crippen LogP contribution in [0.3, 0.4) is 0 Å². The molecule has 1 atom stereocenters. The molecule has 1 heterocycles. The van der Waals surface area contributed by atoms with E-state index in [1.807, 2.05) is 38.1 Å². The number of thiophene rings is 1. The van der Waals surface area contributed by atoms with Crippen LogP contribution in [0.1, 0.15) is 35.0 Å². The Hall–Kier alpha value is -1.39. The van der Waals surface area contributed by atoms with Crippen LogP contribution in [0.15, 0.2) is 24.3 Å². The molecule has 4 heteroatoms. The van der Waals surface area contributed by atoms with E-state index in [1.165, 1.54) is 11.3 Å². The van der Waals surface area contributed by atoms with E-state index < -0.39 is 0 Å². The van der Waals surface area contributed by atoms with Crippen molar-refractivity contribution in [1.29, 1.82) is 0 Å². The molecule has 0 aliphatic heterocycles. The highest BCUT2D eigenvalue weighted by atomic mass is 32.1. The molecule has 102 valence electrons. The highest BCUT2D eigenvalue weighted by molar-refractivity contribution is 7.21. The lowest BCUT2D eigenvalue weighted by molar-refractivity contribution is 0.0933. The Morgan fingerprint density at radius 1 is 1.42 bits per heavy atom. The zero-order chi connectivity index (χ0) is 13.8. The van der Waals surface area contributed by atoms with Crippen molar-refractivity contribution in [2.24, 2.45) is 0 Å². The summed E-state index contributed by atoms with van der Waals surface area (Å²) in [5, 5.41) is 13.1. The van der Waals surface area contributed by atoms with Crippen LogP contribution < -0.4 is 5.32 Å². The number of benzene rings is 1. The first kappa shape index (κ1) is 14.0. The number of aryl methyl sites for hydroxylation is 1. The third-order valence-electron chi connectivity index (χ3n) is 3.36. The number of aliphatic hydroxyl groups is 1. The molecule has 19 heavy (non-hydrogen) atoms. The molecule has 0 saturated carbocycles. The van der Waals surface area contributed by atoms with Gasteiger partial charge < -0.3 is 10.4 Å².